The molecule has 3 heterocycles. The lowest BCUT2D eigenvalue weighted by atomic mass is 10.2. The SMILES string of the molecule is Cc1cc2ncc(CCCNC(=O)CSc3ncccn3)cn2n1. The number of carbonyl (C=O) groups is 1. The van der Waals surface area contributed by atoms with Crippen LogP contribution >= 0.6 is 11.8 Å². The third-order valence-electron chi connectivity index (χ3n) is 3.33. The number of aromatic nitrogens is 5. The summed E-state index contributed by atoms with van der Waals surface area (Å²) in [6.07, 6.45) is 8.88. The van der Waals surface area contributed by atoms with Gasteiger partial charge in [-0.3, -0.25) is 4.79 Å². The Hall–Kier alpha value is -2.48. The van der Waals surface area contributed by atoms with E-state index in [2.05, 4.69) is 25.4 Å². The number of carbonyl (C=O) groups excluding carboxylic acids is 1. The Bertz CT molecular complexity index is 820. The molecule has 3 aromatic heterocycles. The fourth-order valence-electron chi connectivity index (χ4n) is 2.22. The molecule has 0 aliphatic heterocycles. The van der Waals surface area contributed by atoms with Crippen molar-refractivity contribution in [1.29, 1.82) is 0 Å². The van der Waals surface area contributed by atoms with Crippen molar-refractivity contribution in [1.82, 2.24) is 29.9 Å². The lowest BCUT2D eigenvalue weighted by molar-refractivity contribution is -0.118. The van der Waals surface area contributed by atoms with Gasteiger partial charge in [0.2, 0.25) is 5.91 Å². The second kappa shape index (κ2) is 7.87. The molecule has 0 aromatic carbocycles. The van der Waals surface area contributed by atoms with Crippen LogP contribution in [0.4, 0.5) is 0 Å². The molecular weight excluding hydrogens is 324 g/mol. The third kappa shape index (κ3) is 4.51. The number of hydrogen-bond donors (Lipinski definition) is 1. The average molecular weight is 342 g/mol. The van der Waals surface area contributed by atoms with E-state index in [0.29, 0.717) is 17.5 Å². The van der Waals surface area contributed by atoms with Gasteiger partial charge in [-0.15, -0.1) is 0 Å². The molecular formula is C16H18N6OS. The number of fused-ring (bicyclic) bond motifs is 1. The number of nitrogens with zero attached hydrogens (tertiary/aromatic N) is 5. The molecule has 3 rings (SSSR count). The Morgan fingerprint density at radius 3 is 2.96 bits per heavy atom. The van der Waals surface area contributed by atoms with E-state index in [9.17, 15) is 4.79 Å². The fraction of sp³-hybridized carbons (Fsp3) is 0.312. The maximum absolute atomic E-state index is 11.8. The highest BCUT2D eigenvalue weighted by atomic mass is 32.2. The van der Waals surface area contributed by atoms with Crippen molar-refractivity contribution in [3.63, 3.8) is 0 Å². The van der Waals surface area contributed by atoms with Crippen LogP contribution in [-0.2, 0) is 11.2 Å². The van der Waals surface area contributed by atoms with E-state index >= 15 is 0 Å². The predicted molar refractivity (Wildman–Crippen MR) is 91.8 cm³/mol. The number of nitrogens with one attached hydrogen (secondary N) is 1. The van der Waals surface area contributed by atoms with E-state index in [-0.39, 0.29) is 5.91 Å². The molecule has 0 radical (unpaired) electrons. The quantitative estimate of drug-likeness (QED) is 0.399. The van der Waals surface area contributed by atoms with Crippen LogP contribution in [0.3, 0.4) is 0 Å². The summed E-state index contributed by atoms with van der Waals surface area (Å²) in [5.74, 6) is 0.313. The van der Waals surface area contributed by atoms with Gasteiger partial charge in [-0.1, -0.05) is 11.8 Å². The van der Waals surface area contributed by atoms with Gasteiger partial charge in [0, 0.05) is 37.4 Å². The number of hydrogen-bond acceptors (Lipinski definition) is 6. The van der Waals surface area contributed by atoms with E-state index < -0.39 is 0 Å². The van der Waals surface area contributed by atoms with E-state index in [1.807, 2.05) is 25.4 Å². The Labute approximate surface area is 143 Å². The van der Waals surface area contributed by atoms with Gasteiger partial charge in [-0.05, 0) is 31.4 Å². The van der Waals surface area contributed by atoms with Crippen molar-refractivity contribution in [3.05, 3.63) is 48.2 Å². The van der Waals surface area contributed by atoms with Crippen LogP contribution in [0.25, 0.3) is 5.65 Å². The van der Waals surface area contributed by atoms with Crippen LogP contribution in [0.1, 0.15) is 17.7 Å². The van der Waals surface area contributed by atoms with Crippen molar-refractivity contribution >= 4 is 23.3 Å². The first-order valence-corrected chi connectivity index (χ1v) is 8.67. The maximum Gasteiger partial charge on any atom is 0.230 e. The van der Waals surface area contributed by atoms with Crippen LogP contribution in [0.5, 0.6) is 0 Å². The lowest BCUT2D eigenvalue weighted by Crippen LogP contribution is -2.26. The van der Waals surface area contributed by atoms with E-state index in [4.69, 9.17) is 0 Å². The topological polar surface area (TPSA) is 85.1 Å². The van der Waals surface area contributed by atoms with Crippen LogP contribution in [0.2, 0.25) is 0 Å². The minimum atomic E-state index is -0.0104. The second-order valence-electron chi connectivity index (χ2n) is 5.32. The first-order valence-electron chi connectivity index (χ1n) is 7.68. The van der Waals surface area contributed by atoms with Crippen LogP contribution in [0.15, 0.2) is 42.1 Å². The summed E-state index contributed by atoms with van der Waals surface area (Å²) in [5, 5.41) is 7.87. The minimum Gasteiger partial charge on any atom is -0.355 e. The molecule has 0 aliphatic rings. The minimum absolute atomic E-state index is 0.0104. The maximum atomic E-state index is 11.8. The average Bonchev–Trinajstić information content (AvgIpc) is 2.97. The molecule has 3 aromatic rings. The molecule has 0 fully saturated rings. The zero-order valence-electron chi connectivity index (χ0n) is 13.3. The summed E-state index contributed by atoms with van der Waals surface area (Å²) in [6, 6.07) is 3.69. The van der Waals surface area contributed by atoms with Gasteiger partial charge >= 0.3 is 0 Å². The fourth-order valence-corrected chi connectivity index (χ4v) is 2.86. The summed E-state index contributed by atoms with van der Waals surface area (Å²) < 4.78 is 1.79. The lowest BCUT2D eigenvalue weighted by Gasteiger charge is -2.05. The standard InChI is InChI=1S/C16H18N6OS/c1-12-8-14-20-9-13(10-22(14)21-12)4-2-5-17-15(23)11-24-16-18-6-3-7-19-16/h3,6-10H,2,4-5,11H2,1H3,(H,17,23). The molecule has 8 heteroatoms. The zero-order chi connectivity index (χ0) is 16.8. The number of aryl methyl sites for hydroxylation is 2. The van der Waals surface area contributed by atoms with Crippen molar-refractivity contribution in [2.75, 3.05) is 12.3 Å². The number of amides is 1. The molecule has 0 saturated carbocycles. The van der Waals surface area contributed by atoms with E-state index in [1.165, 1.54) is 11.8 Å². The molecule has 0 spiro atoms. The van der Waals surface area contributed by atoms with Crippen LogP contribution in [-0.4, -0.2) is 42.8 Å². The molecule has 0 unspecified atom stereocenters. The normalized spacial score (nSPS) is 10.9. The Balaban J connectivity index is 1.38. The number of rotatable bonds is 7. The first kappa shape index (κ1) is 16.4. The Kier molecular flexibility index (Phi) is 5.37. The molecule has 0 saturated heterocycles. The Morgan fingerprint density at radius 1 is 1.29 bits per heavy atom. The Morgan fingerprint density at radius 2 is 2.12 bits per heavy atom. The van der Waals surface area contributed by atoms with Gasteiger partial charge in [0.25, 0.3) is 0 Å². The summed E-state index contributed by atoms with van der Waals surface area (Å²) in [7, 11) is 0. The molecule has 24 heavy (non-hydrogen) atoms. The molecule has 1 N–H and O–H groups in total. The molecule has 0 aliphatic carbocycles. The van der Waals surface area contributed by atoms with Crippen LogP contribution < -0.4 is 5.32 Å². The summed E-state index contributed by atoms with van der Waals surface area (Å²) in [6.45, 7) is 2.58. The largest absolute Gasteiger partial charge is 0.355 e. The summed E-state index contributed by atoms with van der Waals surface area (Å²) >= 11 is 1.33. The van der Waals surface area contributed by atoms with Crippen molar-refractivity contribution in [3.8, 4) is 0 Å². The zero-order valence-corrected chi connectivity index (χ0v) is 14.2. The van der Waals surface area contributed by atoms with Gasteiger partial charge in [0.15, 0.2) is 10.8 Å². The van der Waals surface area contributed by atoms with Crippen molar-refractivity contribution < 1.29 is 4.79 Å². The highest BCUT2D eigenvalue weighted by Gasteiger charge is 2.04. The van der Waals surface area contributed by atoms with Gasteiger partial charge in [0.05, 0.1) is 11.4 Å². The first-order chi connectivity index (χ1) is 11.7. The monoisotopic (exact) mass is 342 g/mol. The van der Waals surface area contributed by atoms with Gasteiger partial charge in [-0.2, -0.15) is 5.10 Å². The number of thioether (sulfide) groups is 1. The summed E-state index contributed by atoms with van der Waals surface area (Å²) in [4.78, 5) is 24.3. The van der Waals surface area contributed by atoms with E-state index in [1.54, 1.807) is 23.0 Å². The highest BCUT2D eigenvalue weighted by molar-refractivity contribution is 7.99. The molecule has 1 amide bonds. The molecule has 0 atom stereocenters. The van der Waals surface area contributed by atoms with Crippen molar-refractivity contribution in [2.24, 2.45) is 0 Å². The molecule has 124 valence electrons. The second-order valence-corrected chi connectivity index (χ2v) is 6.27. The third-order valence-corrected chi connectivity index (χ3v) is 4.20. The highest BCUT2D eigenvalue weighted by Crippen LogP contribution is 2.10. The van der Waals surface area contributed by atoms with Crippen LogP contribution in [0, 0.1) is 6.92 Å². The molecule has 0 bridgehead atoms. The van der Waals surface area contributed by atoms with Gasteiger partial charge in [0.1, 0.15) is 0 Å². The summed E-state index contributed by atoms with van der Waals surface area (Å²) in [5.41, 5.74) is 2.91. The van der Waals surface area contributed by atoms with Gasteiger partial charge in [-0.25, -0.2) is 19.5 Å². The predicted octanol–water partition coefficient (Wildman–Crippen LogP) is 1.67. The van der Waals surface area contributed by atoms with Crippen molar-refractivity contribution in [2.45, 2.75) is 24.9 Å². The smallest absolute Gasteiger partial charge is 0.230 e. The van der Waals surface area contributed by atoms with E-state index in [0.717, 1.165) is 29.7 Å². The molecule has 7 nitrogen and oxygen atoms in total. The van der Waals surface area contributed by atoms with Gasteiger partial charge < -0.3 is 5.32 Å².